The van der Waals surface area contributed by atoms with E-state index >= 15 is 0 Å². The van der Waals surface area contributed by atoms with Crippen LogP contribution < -0.4 is 5.32 Å². The SMILES string of the molecule is Cc1ccc(S(=O)(=O)N2C3CC(C3)[C@H]2/C=C/NCc2cc(-c3cnc(C(F)(F)F)nc3)ncc2C)cc1. The molecule has 11 heteroatoms. The third-order valence-electron chi connectivity index (χ3n) is 7.00. The molecular weight excluding hydrogens is 503 g/mol. The summed E-state index contributed by atoms with van der Waals surface area (Å²) in [5.74, 6) is -0.893. The van der Waals surface area contributed by atoms with Crippen molar-refractivity contribution in [3.8, 4) is 11.3 Å². The summed E-state index contributed by atoms with van der Waals surface area (Å²) in [4.78, 5) is 11.4. The minimum absolute atomic E-state index is 0.0295. The van der Waals surface area contributed by atoms with Gasteiger partial charge in [0.1, 0.15) is 0 Å². The van der Waals surface area contributed by atoms with Crippen LogP contribution in [0.25, 0.3) is 11.3 Å². The van der Waals surface area contributed by atoms with E-state index in [1.807, 2.05) is 32.1 Å². The van der Waals surface area contributed by atoms with Crippen LogP contribution >= 0.6 is 0 Å². The van der Waals surface area contributed by atoms with Crippen LogP contribution in [0.2, 0.25) is 0 Å². The number of hydrogen-bond acceptors (Lipinski definition) is 6. The summed E-state index contributed by atoms with van der Waals surface area (Å²) in [6.07, 6.45) is 4.68. The number of hydrogen-bond donors (Lipinski definition) is 1. The lowest BCUT2D eigenvalue weighted by molar-refractivity contribution is -0.144. The number of benzene rings is 1. The van der Waals surface area contributed by atoms with Gasteiger partial charge in [0, 0.05) is 42.8 Å². The lowest BCUT2D eigenvalue weighted by Crippen LogP contribution is -2.37. The van der Waals surface area contributed by atoms with Crippen molar-refractivity contribution in [3.05, 3.63) is 83.7 Å². The second-order valence-electron chi connectivity index (χ2n) is 9.55. The number of alkyl halides is 3. The van der Waals surface area contributed by atoms with Crippen LogP contribution in [-0.2, 0) is 22.7 Å². The Morgan fingerprint density at radius 2 is 1.73 bits per heavy atom. The molecule has 37 heavy (non-hydrogen) atoms. The summed E-state index contributed by atoms with van der Waals surface area (Å²) < 4.78 is 66.6. The molecule has 6 rings (SSSR count). The first-order valence-electron chi connectivity index (χ1n) is 11.9. The Bertz CT molecular complexity index is 1420. The molecule has 1 aliphatic carbocycles. The zero-order valence-electron chi connectivity index (χ0n) is 20.3. The number of sulfonamides is 1. The van der Waals surface area contributed by atoms with Gasteiger partial charge in [-0.05, 0) is 68.1 Å². The monoisotopic (exact) mass is 529 g/mol. The van der Waals surface area contributed by atoms with Crippen LogP contribution in [0.1, 0.15) is 35.4 Å². The minimum Gasteiger partial charge on any atom is -0.387 e. The number of pyridine rings is 1. The summed E-state index contributed by atoms with van der Waals surface area (Å²) in [5, 5.41) is 3.23. The number of rotatable bonds is 7. The van der Waals surface area contributed by atoms with Gasteiger partial charge in [0.15, 0.2) is 0 Å². The van der Waals surface area contributed by atoms with Crippen molar-refractivity contribution in [2.24, 2.45) is 5.92 Å². The Hall–Kier alpha value is -3.31. The number of aromatic nitrogens is 3. The first-order chi connectivity index (χ1) is 17.5. The molecule has 0 radical (unpaired) electrons. The van der Waals surface area contributed by atoms with E-state index in [9.17, 15) is 21.6 Å². The second kappa shape index (κ2) is 9.53. The molecule has 0 amide bonds. The molecule has 3 fully saturated rings. The zero-order valence-corrected chi connectivity index (χ0v) is 21.1. The third kappa shape index (κ3) is 4.97. The fourth-order valence-corrected chi connectivity index (χ4v) is 6.71. The molecule has 2 aliphatic heterocycles. The van der Waals surface area contributed by atoms with Crippen molar-refractivity contribution in [2.75, 3.05) is 0 Å². The molecule has 1 atom stereocenters. The molecule has 7 nitrogen and oxygen atoms in total. The van der Waals surface area contributed by atoms with E-state index in [0.717, 1.165) is 41.9 Å². The van der Waals surface area contributed by atoms with Crippen LogP contribution in [0.15, 0.2) is 66.1 Å². The maximum Gasteiger partial charge on any atom is 0.451 e. The Morgan fingerprint density at radius 1 is 1.05 bits per heavy atom. The van der Waals surface area contributed by atoms with Crippen molar-refractivity contribution < 1.29 is 21.6 Å². The number of nitrogens with zero attached hydrogens (tertiary/aromatic N) is 4. The van der Waals surface area contributed by atoms with Crippen LogP contribution in [0, 0.1) is 19.8 Å². The van der Waals surface area contributed by atoms with Gasteiger partial charge in [-0.3, -0.25) is 4.98 Å². The van der Waals surface area contributed by atoms with Crippen molar-refractivity contribution in [1.82, 2.24) is 24.6 Å². The molecule has 2 saturated heterocycles. The van der Waals surface area contributed by atoms with Gasteiger partial charge in [-0.15, -0.1) is 0 Å². The van der Waals surface area contributed by atoms with Gasteiger partial charge in [-0.1, -0.05) is 23.8 Å². The molecule has 0 spiro atoms. The van der Waals surface area contributed by atoms with Gasteiger partial charge in [0.05, 0.1) is 10.6 Å². The van der Waals surface area contributed by atoms with Crippen molar-refractivity contribution in [1.29, 1.82) is 0 Å². The van der Waals surface area contributed by atoms with Gasteiger partial charge in [-0.2, -0.15) is 17.5 Å². The molecule has 1 saturated carbocycles. The summed E-state index contributed by atoms with van der Waals surface area (Å²) in [7, 11) is -3.59. The minimum atomic E-state index is -4.60. The van der Waals surface area contributed by atoms with Crippen LogP contribution in [0.3, 0.4) is 0 Å². The molecule has 4 heterocycles. The highest BCUT2D eigenvalue weighted by atomic mass is 32.2. The number of halogens is 3. The Balaban J connectivity index is 1.27. The fourth-order valence-electron chi connectivity index (χ4n) is 4.85. The Labute approximate surface area is 213 Å². The van der Waals surface area contributed by atoms with Crippen molar-refractivity contribution in [2.45, 2.75) is 56.4 Å². The molecule has 1 aromatic carbocycles. The normalized spacial score (nSPS) is 21.8. The molecule has 0 unspecified atom stereocenters. The predicted octanol–water partition coefficient (Wildman–Crippen LogP) is 4.63. The smallest absolute Gasteiger partial charge is 0.387 e. The zero-order chi connectivity index (χ0) is 26.4. The first kappa shape index (κ1) is 25.3. The predicted molar refractivity (Wildman–Crippen MR) is 131 cm³/mol. The molecule has 3 aliphatic rings. The summed E-state index contributed by atoms with van der Waals surface area (Å²) in [6, 6.07) is 8.53. The fraction of sp³-hybridized carbons (Fsp3) is 0.346. The average molecular weight is 530 g/mol. The first-order valence-corrected chi connectivity index (χ1v) is 13.3. The van der Waals surface area contributed by atoms with E-state index in [1.165, 1.54) is 0 Å². The largest absolute Gasteiger partial charge is 0.451 e. The molecule has 2 bridgehead atoms. The average Bonchev–Trinajstić information content (AvgIpc) is 3.38. The number of aryl methyl sites for hydroxylation is 2. The molecular formula is C26H26F3N5O2S. The lowest BCUT2D eigenvalue weighted by atomic mass is 9.83. The Morgan fingerprint density at radius 3 is 2.38 bits per heavy atom. The number of nitrogens with one attached hydrogen (secondary N) is 1. The van der Waals surface area contributed by atoms with E-state index in [2.05, 4.69) is 20.3 Å². The van der Waals surface area contributed by atoms with Gasteiger partial charge in [0.2, 0.25) is 15.8 Å². The maximum absolute atomic E-state index is 13.3. The Kier molecular flexibility index (Phi) is 6.53. The topological polar surface area (TPSA) is 88.1 Å². The molecule has 194 valence electrons. The van der Waals surface area contributed by atoms with Crippen LogP contribution in [0.5, 0.6) is 0 Å². The van der Waals surface area contributed by atoms with E-state index in [4.69, 9.17) is 0 Å². The summed E-state index contributed by atoms with van der Waals surface area (Å²) in [5.41, 5.74) is 3.66. The summed E-state index contributed by atoms with van der Waals surface area (Å²) in [6.45, 7) is 4.25. The van der Waals surface area contributed by atoms with Gasteiger partial charge in [-0.25, -0.2) is 18.4 Å². The van der Waals surface area contributed by atoms with Gasteiger partial charge < -0.3 is 5.32 Å². The lowest BCUT2D eigenvalue weighted by Gasteiger charge is -2.25. The van der Waals surface area contributed by atoms with Crippen molar-refractivity contribution in [3.63, 3.8) is 0 Å². The summed E-state index contributed by atoms with van der Waals surface area (Å²) >= 11 is 0. The quantitative estimate of drug-likeness (QED) is 0.480. The number of fused-ring (bicyclic) bond motifs is 1. The highest BCUT2D eigenvalue weighted by Crippen LogP contribution is 2.49. The van der Waals surface area contributed by atoms with E-state index < -0.39 is 22.0 Å². The van der Waals surface area contributed by atoms with E-state index in [-0.39, 0.29) is 12.1 Å². The van der Waals surface area contributed by atoms with Gasteiger partial charge >= 0.3 is 6.18 Å². The van der Waals surface area contributed by atoms with Gasteiger partial charge in [0.25, 0.3) is 0 Å². The highest BCUT2D eigenvalue weighted by molar-refractivity contribution is 7.89. The van der Waals surface area contributed by atoms with E-state index in [1.54, 1.807) is 34.9 Å². The third-order valence-corrected chi connectivity index (χ3v) is 8.97. The maximum atomic E-state index is 13.3. The standard InChI is InChI=1S/C26H26F3N5O2S/c1-16-3-5-22(6-4-16)37(35,36)34-21-9-18(10-21)24(34)7-8-30-13-19-11-23(31-12-17(19)2)20-14-32-25(33-15-20)26(27,28)29/h3-8,11-12,14-15,18,21,24,30H,9-10,13H2,1-2H3/b8-7+/t18?,21?,24-/m1/s1. The molecule has 3 aromatic rings. The molecule has 1 N–H and O–H groups in total. The van der Waals surface area contributed by atoms with Crippen LogP contribution in [-0.4, -0.2) is 39.8 Å². The van der Waals surface area contributed by atoms with Crippen LogP contribution in [0.4, 0.5) is 13.2 Å². The van der Waals surface area contributed by atoms with Crippen molar-refractivity contribution >= 4 is 10.0 Å². The highest BCUT2D eigenvalue weighted by Gasteiger charge is 2.54. The molecule has 2 aromatic heterocycles. The second-order valence-corrected chi connectivity index (χ2v) is 11.4. The van der Waals surface area contributed by atoms with E-state index in [0.29, 0.717) is 28.6 Å².